The molecule has 46 heavy (non-hydrogen) atoms. The van der Waals surface area contributed by atoms with Gasteiger partial charge in [0.05, 0.1) is 56.1 Å². The summed E-state index contributed by atoms with van der Waals surface area (Å²) in [6.45, 7) is 0. The maximum absolute atomic E-state index is 13.8. The molecule has 8 bridgehead atoms. The molecule has 0 saturated carbocycles. The molecule has 0 saturated heterocycles. The molecule has 0 aliphatic carbocycles. The molecule has 0 fully saturated rings. The maximum Gasteiger partial charge on any atom is 0.266 e. The number of rotatable bonds is 2. The molecule has 0 atom stereocenters. The second-order valence-corrected chi connectivity index (χ2v) is 11.1. The van der Waals surface area contributed by atoms with Gasteiger partial charge in [-0.25, -0.2) is 19.8 Å². The van der Waals surface area contributed by atoms with Gasteiger partial charge < -0.3 is 9.97 Å². The number of hydrogen-bond donors (Lipinski definition) is 2. The molecule has 5 aromatic rings. The number of benzene rings is 2. The molecule has 218 valence electrons. The summed E-state index contributed by atoms with van der Waals surface area (Å²) < 4.78 is 0. The lowest BCUT2D eigenvalue weighted by molar-refractivity contribution is 0.0910. The Bertz CT molecular complexity index is 2250. The van der Waals surface area contributed by atoms with E-state index >= 15 is 0 Å². The molecule has 7 heterocycles. The Morgan fingerprint density at radius 3 is 1.24 bits per heavy atom. The topological polar surface area (TPSA) is 132 Å². The second-order valence-electron chi connectivity index (χ2n) is 11.1. The molecule has 0 radical (unpaired) electrons. The summed E-state index contributed by atoms with van der Waals surface area (Å²) >= 11 is 0. The SMILES string of the molecule is O=C1c2ccccc2C(=O)N1c1c2nc(c(N3C(=O)c4ccccc4C3=O)c3ccc(cc4nc(cc5ccc1[nH]5)C=C4)[nH]3)C=C2. The van der Waals surface area contributed by atoms with Crippen LogP contribution in [0.1, 0.15) is 64.2 Å². The van der Waals surface area contributed by atoms with E-state index in [0.717, 1.165) is 9.80 Å². The van der Waals surface area contributed by atoms with Crippen molar-refractivity contribution in [2.24, 2.45) is 0 Å². The van der Waals surface area contributed by atoms with Crippen LogP contribution < -0.4 is 9.80 Å². The van der Waals surface area contributed by atoms with Crippen molar-refractivity contribution in [2.75, 3.05) is 9.80 Å². The summed E-state index contributed by atoms with van der Waals surface area (Å²) in [5, 5.41) is 0. The molecule has 2 N–H and O–H groups in total. The Morgan fingerprint density at radius 2 is 0.848 bits per heavy atom. The number of carbonyl (C=O) groups is 4. The van der Waals surface area contributed by atoms with Gasteiger partial charge in [0.15, 0.2) is 0 Å². The van der Waals surface area contributed by atoms with E-state index in [-0.39, 0.29) is 11.4 Å². The van der Waals surface area contributed by atoms with Crippen molar-refractivity contribution in [3.63, 3.8) is 0 Å². The normalized spacial score (nSPS) is 14.9. The van der Waals surface area contributed by atoms with Gasteiger partial charge in [0.25, 0.3) is 23.6 Å². The molecular weight excluding hydrogens is 580 g/mol. The maximum atomic E-state index is 13.8. The number of carbonyl (C=O) groups excluding carboxylic acids is 4. The number of aromatic amines is 2. The molecule has 4 aliphatic heterocycles. The van der Waals surface area contributed by atoms with Crippen LogP contribution in [0.4, 0.5) is 11.4 Å². The first-order chi connectivity index (χ1) is 22.4. The van der Waals surface area contributed by atoms with Crippen molar-refractivity contribution in [3.8, 4) is 0 Å². The highest BCUT2D eigenvalue weighted by atomic mass is 16.2. The second kappa shape index (κ2) is 9.41. The first kappa shape index (κ1) is 25.8. The van der Waals surface area contributed by atoms with Crippen molar-refractivity contribution in [3.05, 3.63) is 130 Å². The summed E-state index contributed by atoms with van der Waals surface area (Å²) in [6.07, 6.45) is 7.11. The molecule has 0 unspecified atom stereocenters. The minimum atomic E-state index is -0.480. The monoisotopic (exact) mass is 600 g/mol. The summed E-state index contributed by atoms with van der Waals surface area (Å²) in [5.41, 5.74) is 5.99. The number of fused-ring (bicyclic) bond motifs is 10. The summed E-state index contributed by atoms with van der Waals surface area (Å²) in [7, 11) is 0. The Balaban J connectivity index is 1.38. The van der Waals surface area contributed by atoms with Crippen LogP contribution in [0.25, 0.3) is 46.4 Å². The highest BCUT2D eigenvalue weighted by Gasteiger charge is 2.40. The first-order valence-corrected chi connectivity index (χ1v) is 14.5. The van der Waals surface area contributed by atoms with E-state index in [1.54, 1.807) is 72.8 Å². The summed E-state index contributed by atoms with van der Waals surface area (Å²) in [5.74, 6) is -1.92. The lowest BCUT2D eigenvalue weighted by Crippen LogP contribution is -2.30. The van der Waals surface area contributed by atoms with E-state index in [1.165, 1.54) is 0 Å². The molecular formula is C36H20N6O4. The van der Waals surface area contributed by atoms with Crippen LogP contribution in [-0.2, 0) is 0 Å². The number of nitrogens with zero attached hydrogens (tertiary/aromatic N) is 4. The van der Waals surface area contributed by atoms with Gasteiger partial charge >= 0.3 is 0 Å². The van der Waals surface area contributed by atoms with Crippen molar-refractivity contribution >= 4 is 81.4 Å². The molecule has 3 aromatic heterocycles. The van der Waals surface area contributed by atoms with E-state index in [0.29, 0.717) is 67.1 Å². The summed E-state index contributed by atoms with van der Waals surface area (Å²) in [4.78, 5) is 73.5. The largest absolute Gasteiger partial charge is 0.354 e. The molecule has 4 aliphatic rings. The average Bonchev–Trinajstić information content (AvgIpc) is 3.93. The Kier molecular flexibility index (Phi) is 5.27. The lowest BCUT2D eigenvalue weighted by Gasteiger charge is -2.16. The minimum absolute atomic E-state index is 0.238. The van der Waals surface area contributed by atoms with E-state index in [4.69, 9.17) is 9.97 Å². The third-order valence-electron chi connectivity index (χ3n) is 8.38. The number of imide groups is 2. The molecule has 9 rings (SSSR count). The molecule has 10 nitrogen and oxygen atoms in total. The van der Waals surface area contributed by atoms with Gasteiger partial charge in [0, 0.05) is 11.0 Å². The number of hydrogen-bond acceptors (Lipinski definition) is 6. The number of aromatic nitrogens is 4. The fourth-order valence-corrected chi connectivity index (χ4v) is 6.30. The average molecular weight is 601 g/mol. The van der Waals surface area contributed by atoms with Gasteiger partial charge in [-0.3, -0.25) is 19.2 Å². The smallest absolute Gasteiger partial charge is 0.266 e. The fraction of sp³-hybridized carbons (Fsp3) is 0. The van der Waals surface area contributed by atoms with Crippen LogP contribution in [0.2, 0.25) is 0 Å². The predicted molar refractivity (Wildman–Crippen MR) is 174 cm³/mol. The van der Waals surface area contributed by atoms with E-state index in [9.17, 15) is 19.2 Å². The van der Waals surface area contributed by atoms with Crippen LogP contribution in [0, 0.1) is 0 Å². The van der Waals surface area contributed by atoms with Crippen LogP contribution in [-0.4, -0.2) is 43.6 Å². The lowest BCUT2D eigenvalue weighted by atomic mass is 10.1. The first-order valence-electron chi connectivity index (χ1n) is 14.5. The number of anilines is 2. The van der Waals surface area contributed by atoms with Gasteiger partial charge in [-0.1, -0.05) is 24.3 Å². The molecule has 10 heteroatoms. The molecule has 4 amide bonds. The third kappa shape index (κ3) is 3.70. The standard InChI is InChI=1S/C36H20N6O4/c43-33-23-5-1-2-6-24(23)34(44)41(33)31-27-13-11-21(38-27)17-19-9-10-20(37-19)18-22-12-14-28(39-22)32(30-16-15-29(31)40-30)42-35(45)25-7-3-4-8-26(25)36(42)46/h1-18,38-39H. The van der Waals surface area contributed by atoms with Crippen molar-refractivity contribution in [1.29, 1.82) is 0 Å². The minimum Gasteiger partial charge on any atom is -0.354 e. The van der Waals surface area contributed by atoms with Crippen molar-refractivity contribution < 1.29 is 19.2 Å². The fourth-order valence-electron chi connectivity index (χ4n) is 6.30. The highest BCUT2D eigenvalue weighted by molar-refractivity contribution is 6.37. The Hall–Kier alpha value is -6.68. The zero-order valence-corrected chi connectivity index (χ0v) is 23.8. The van der Waals surface area contributed by atoms with Crippen LogP contribution in [0.3, 0.4) is 0 Å². The van der Waals surface area contributed by atoms with Crippen LogP contribution in [0.5, 0.6) is 0 Å². The zero-order valence-electron chi connectivity index (χ0n) is 23.8. The quantitative estimate of drug-likeness (QED) is 0.225. The Morgan fingerprint density at radius 1 is 0.457 bits per heavy atom. The summed E-state index contributed by atoms with van der Waals surface area (Å²) in [6, 6.07) is 24.3. The van der Waals surface area contributed by atoms with Gasteiger partial charge in [-0.2, -0.15) is 0 Å². The molecule has 0 spiro atoms. The van der Waals surface area contributed by atoms with Crippen LogP contribution >= 0.6 is 0 Å². The van der Waals surface area contributed by atoms with Gasteiger partial charge in [-0.15, -0.1) is 0 Å². The van der Waals surface area contributed by atoms with Crippen LogP contribution in [0.15, 0.2) is 84.9 Å². The predicted octanol–water partition coefficient (Wildman–Crippen LogP) is 6.26. The number of amides is 4. The van der Waals surface area contributed by atoms with E-state index in [2.05, 4.69) is 9.97 Å². The highest BCUT2D eigenvalue weighted by Crippen LogP contribution is 2.38. The Labute approximate surface area is 260 Å². The number of H-pyrrole nitrogens is 2. The van der Waals surface area contributed by atoms with Gasteiger partial charge in [-0.05, 0) is 85.0 Å². The van der Waals surface area contributed by atoms with Crippen molar-refractivity contribution in [2.45, 2.75) is 0 Å². The third-order valence-corrected chi connectivity index (χ3v) is 8.38. The molecule has 2 aromatic carbocycles. The van der Waals surface area contributed by atoms with Crippen molar-refractivity contribution in [1.82, 2.24) is 19.9 Å². The zero-order chi connectivity index (χ0) is 31.1. The number of nitrogens with one attached hydrogen (secondary N) is 2. The van der Waals surface area contributed by atoms with Gasteiger partial charge in [0.2, 0.25) is 0 Å². The van der Waals surface area contributed by atoms with E-state index in [1.807, 2.05) is 36.4 Å². The van der Waals surface area contributed by atoms with E-state index < -0.39 is 23.6 Å². The van der Waals surface area contributed by atoms with Gasteiger partial charge in [0.1, 0.15) is 11.4 Å².